The van der Waals surface area contributed by atoms with Gasteiger partial charge < -0.3 is 10.3 Å². The molecule has 0 atom stereocenters. The number of hydrogen-bond donors (Lipinski definition) is 2. The molecule has 31 heavy (non-hydrogen) atoms. The number of fused-ring (bicyclic) bond motifs is 2. The molecule has 0 saturated heterocycles. The Labute approximate surface area is 177 Å². The van der Waals surface area contributed by atoms with Crippen LogP contribution in [0, 0.1) is 0 Å². The van der Waals surface area contributed by atoms with E-state index in [1.165, 1.54) is 17.1 Å². The van der Waals surface area contributed by atoms with E-state index in [9.17, 15) is 9.59 Å². The predicted octanol–water partition coefficient (Wildman–Crippen LogP) is 2.42. The lowest BCUT2D eigenvalue weighted by Crippen LogP contribution is -2.33. The molecule has 2 aromatic carbocycles. The van der Waals surface area contributed by atoms with Gasteiger partial charge in [0.05, 0.1) is 11.9 Å². The molecule has 3 heterocycles. The first-order chi connectivity index (χ1) is 15.2. The molecule has 0 bridgehead atoms. The fraction of sp³-hybridized carbons (Fsp3) is 0.130. The summed E-state index contributed by atoms with van der Waals surface area (Å²) >= 11 is 0. The van der Waals surface area contributed by atoms with Gasteiger partial charge in [0.2, 0.25) is 5.91 Å². The van der Waals surface area contributed by atoms with E-state index in [1.54, 1.807) is 4.68 Å². The van der Waals surface area contributed by atoms with Crippen LogP contribution in [0.2, 0.25) is 0 Å². The van der Waals surface area contributed by atoms with Crippen LogP contribution < -0.4 is 10.9 Å². The minimum Gasteiger partial charge on any atom is -0.361 e. The van der Waals surface area contributed by atoms with Crippen LogP contribution in [0.25, 0.3) is 27.6 Å². The van der Waals surface area contributed by atoms with Gasteiger partial charge in [-0.1, -0.05) is 36.4 Å². The fourth-order valence-electron chi connectivity index (χ4n) is 3.71. The van der Waals surface area contributed by atoms with Gasteiger partial charge in [-0.3, -0.25) is 14.2 Å². The maximum atomic E-state index is 12.8. The lowest BCUT2D eigenvalue weighted by Gasteiger charge is -2.08. The average molecular weight is 412 g/mol. The van der Waals surface area contributed by atoms with Crippen molar-refractivity contribution in [3.63, 3.8) is 0 Å². The molecular weight excluding hydrogens is 392 g/mol. The first-order valence-electron chi connectivity index (χ1n) is 10.0. The lowest BCUT2D eigenvalue weighted by molar-refractivity contribution is -0.121. The highest BCUT2D eigenvalue weighted by Crippen LogP contribution is 2.17. The van der Waals surface area contributed by atoms with E-state index in [4.69, 9.17) is 0 Å². The van der Waals surface area contributed by atoms with Gasteiger partial charge in [0.1, 0.15) is 18.3 Å². The largest absolute Gasteiger partial charge is 0.361 e. The Morgan fingerprint density at radius 1 is 1.03 bits per heavy atom. The van der Waals surface area contributed by atoms with Crippen molar-refractivity contribution in [2.45, 2.75) is 13.0 Å². The van der Waals surface area contributed by atoms with Gasteiger partial charge in [0.15, 0.2) is 5.65 Å². The van der Waals surface area contributed by atoms with E-state index >= 15 is 0 Å². The summed E-state index contributed by atoms with van der Waals surface area (Å²) in [6.07, 6.45) is 5.55. The van der Waals surface area contributed by atoms with Crippen LogP contribution in [0.1, 0.15) is 5.56 Å². The zero-order valence-electron chi connectivity index (χ0n) is 16.7. The quantitative estimate of drug-likeness (QED) is 0.448. The number of nitrogens with one attached hydrogen (secondary N) is 2. The number of para-hydroxylation sites is 2. The second-order valence-electron chi connectivity index (χ2n) is 7.27. The molecule has 0 unspecified atom stereocenters. The van der Waals surface area contributed by atoms with E-state index in [-0.39, 0.29) is 18.0 Å². The fourth-order valence-corrected chi connectivity index (χ4v) is 3.71. The molecule has 0 fully saturated rings. The molecule has 0 spiro atoms. The number of benzene rings is 2. The topological polar surface area (TPSA) is 97.6 Å². The third-order valence-corrected chi connectivity index (χ3v) is 5.26. The minimum absolute atomic E-state index is 0.0911. The molecule has 2 N–H and O–H groups in total. The van der Waals surface area contributed by atoms with Crippen molar-refractivity contribution in [2.75, 3.05) is 6.54 Å². The number of aromatic amines is 1. The first-order valence-corrected chi connectivity index (χ1v) is 10.0. The van der Waals surface area contributed by atoms with Crippen LogP contribution in [0.3, 0.4) is 0 Å². The van der Waals surface area contributed by atoms with Crippen molar-refractivity contribution in [3.8, 4) is 5.69 Å². The third kappa shape index (κ3) is 3.59. The second kappa shape index (κ2) is 7.91. The standard InChI is InChI=1S/C23H20N6O2/c30-21(24-11-10-16-12-25-20-9-5-4-8-18(16)20)14-28-15-26-22-19(23(28)31)13-27-29(22)17-6-2-1-3-7-17/h1-9,12-13,15,25H,10-11,14H2,(H,24,30). The van der Waals surface area contributed by atoms with Crippen LogP contribution in [-0.4, -0.2) is 36.8 Å². The molecular formula is C23H20N6O2. The first kappa shape index (κ1) is 18.8. The van der Waals surface area contributed by atoms with Gasteiger partial charge in [0, 0.05) is 23.6 Å². The summed E-state index contributed by atoms with van der Waals surface area (Å²) in [4.78, 5) is 32.8. The number of carbonyl (C=O) groups excluding carboxylic acids is 1. The molecule has 5 rings (SSSR count). The summed E-state index contributed by atoms with van der Waals surface area (Å²) < 4.78 is 2.92. The maximum Gasteiger partial charge on any atom is 0.264 e. The van der Waals surface area contributed by atoms with E-state index < -0.39 is 0 Å². The van der Waals surface area contributed by atoms with Crippen molar-refractivity contribution in [2.24, 2.45) is 0 Å². The smallest absolute Gasteiger partial charge is 0.264 e. The van der Waals surface area contributed by atoms with E-state index in [0.29, 0.717) is 24.0 Å². The Morgan fingerprint density at radius 3 is 2.71 bits per heavy atom. The van der Waals surface area contributed by atoms with Crippen molar-refractivity contribution < 1.29 is 4.79 Å². The highest BCUT2D eigenvalue weighted by Gasteiger charge is 2.13. The molecule has 0 aliphatic carbocycles. The second-order valence-corrected chi connectivity index (χ2v) is 7.27. The molecule has 0 aliphatic heterocycles. The van der Waals surface area contributed by atoms with Crippen LogP contribution in [0.5, 0.6) is 0 Å². The summed E-state index contributed by atoms with van der Waals surface area (Å²) in [5.41, 5.74) is 3.21. The number of nitrogens with zero attached hydrogens (tertiary/aromatic N) is 4. The Hall–Kier alpha value is -4.20. The summed E-state index contributed by atoms with van der Waals surface area (Å²) in [5, 5.41) is 8.69. The van der Waals surface area contributed by atoms with Crippen molar-refractivity contribution in [1.29, 1.82) is 0 Å². The third-order valence-electron chi connectivity index (χ3n) is 5.26. The Balaban J connectivity index is 1.27. The van der Waals surface area contributed by atoms with Crippen molar-refractivity contribution in [3.05, 3.63) is 89.2 Å². The summed E-state index contributed by atoms with van der Waals surface area (Å²) in [6, 6.07) is 17.5. The molecule has 5 aromatic rings. The molecule has 0 aliphatic rings. The zero-order valence-corrected chi connectivity index (χ0v) is 16.7. The molecule has 8 nitrogen and oxygen atoms in total. The van der Waals surface area contributed by atoms with Crippen LogP contribution in [0.4, 0.5) is 0 Å². The molecule has 8 heteroatoms. The molecule has 3 aromatic heterocycles. The summed E-state index contributed by atoms with van der Waals surface area (Å²) in [7, 11) is 0. The minimum atomic E-state index is -0.293. The highest BCUT2D eigenvalue weighted by molar-refractivity contribution is 5.83. The molecule has 154 valence electrons. The van der Waals surface area contributed by atoms with Crippen LogP contribution in [-0.2, 0) is 17.8 Å². The Kier molecular flexibility index (Phi) is 4.80. The van der Waals surface area contributed by atoms with Gasteiger partial charge in [-0.25, -0.2) is 9.67 Å². The molecule has 0 saturated carbocycles. The number of aromatic nitrogens is 5. The number of carbonyl (C=O) groups is 1. The van der Waals surface area contributed by atoms with E-state index in [2.05, 4.69) is 26.4 Å². The maximum absolute atomic E-state index is 12.8. The molecule has 0 radical (unpaired) electrons. The van der Waals surface area contributed by atoms with Crippen molar-refractivity contribution in [1.82, 2.24) is 29.6 Å². The number of amides is 1. The van der Waals surface area contributed by atoms with Crippen molar-refractivity contribution >= 4 is 27.8 Å². The average Bonchev–Trinajstić information content (AvgIpc) is 3.41. The summed E-state index contributed by atoms with van der Waals surface area (Å²) in [5.74, 6) is -0.237. The Morgan fingerprint density at radius 2 is 1.84 bits per heavy atom. The monoisotopic (exact) mass is 412 g/mol. The normalized spacial score (nSPS) is 11.2. The van der Waals surface area contributed by atoms with Gasteiger partial charge >= 0.3 is 0 Å². The lowest BCUT2D eigenvalue weighted by atomic mass is 10.1. The zero-order chi connectivity index (χ0) is 21.2. The molecule has 1 amide bonds. The number of H-pyrrole nitrogens is 1. The predicted molar refractivity (Wildman–Crippen MR) is 118 cm³/mol. The van der Waals surface area contributed by atoms with Gasteiger partial charge in [0.25, 0.3) is 5.56 Å². The highest BCUT2D eigenvalue weighted by atomic mass is 16.2. The summed E-state index contributed by atoms with van der Waals surface area (Å²) in [6.45, 7) is 0.392. The van der Waals surface area contributed by atoms with E-state index in [0.717, 1.165) is 22.2 Å². The van der Waals surface area contributed by atoms with Gasteiger partial charge in [-0.15, -0.1) is 0 Å². The van der Waals surface area contributed by atoms with Crippen LogP contribution in [0.15, 0.2) is 78.1 Å². The van der Waals surface area contributed by atoms with Gasteiger partial charge in [-0.2, -0.15) is 5.10 Å². The van der Waals surface area contributed by atoms with Gasteiger partial charge in [-0.05, 0) is 30.2 Å². The van der Waals surface area contributed by atoms with Crippen LogP contribution >= 0.6 is 0 Å². The number of hydrogen-bond acceptors (Lipinski definition) is 4. The van der Waals surface area contributed by atoms with E-state index in [1.807, 2.05) is 54.7 Å². The SMILES string of the molecule is O=C(Cn1cnc2c(cnn2-c2ccccc2)c1=O)NCCc1c[nH]c2ccccc12. The number of rotatable bonds is 6. The Bertz CT molecular complexity index is 1430.